The summed E-state index contributed by atoms with van der Waals surface area (Å²) in [5, 5.41) is 11.5. The fourth-order valence-corrected chi connectivity index (χ4v) is 1.56. The number of carbonyl (C=O) groups is 2. The minimum absolute atomic E-state index is 0.0834. The van der Waals surface area contributed by atoms with E-state index in [0.29, 0.717) is 0 Å². The van der Waals surface area contributed by atoms with Crippen LogP contribution in [0.2, 0.25) is 0 Å². The highest BCUT2D eigenvalue weighted by Crippen LogP contribution is 2.21. The van der Waals surface area contributed by atoms with Gasteiger partial charge in [0, 0.05) is 19.0 Å². The standard InChI is InChI=1S/C13H26N2O3/c1-12(2,3)7-9(14)6-10(16)15-8-13(4,5)11(17)18/h9H,6-8,14H2,1-5H3,(H,15,16)(H,17,18). The molecular weight excluding hydrogens is 232 g/mol. The number of nitrogens with two attached hydrogens (primary N) is 1. The molecule has 0 bridgehead atoms. The third-order valence-electron chi connectivity index (χ3n) is 2.63. The molecule has 0 heterocycles. The van der Waals surface area contributed by atoms with E-state index in [1.165, 1.54) is 0 Å². The maximum Gasteiger partial charge on any atom is 0.310 e. The van der Waals surface area contributed by atoms with Crippen LogP contribution >= 0.6 is 0 Å². The molecule has 0 rings (SSSR count). The van der Waals surface area contributed by atoms with Crippen LogP contribution < -0.4 is 11.1 Å². The average Bonchev–Trinajstić information content (AvgIpc) is 2.11. The van der Waals surface area contributed by atoms with Gasteiger partial charge in [-0.15, -0.1) is 0 Å². The van der Waals surface area contributed by atoms with Crippen molar-refractivity contribution in [3.8, 4) is 0 Å². The second-order valence-electron chi connectivity index (χ2n) is 6.69. The molecule has 0 fully saturated rings. The van der Waals surface area contributed by atoms with Gasteiger partial charge in [-0.2, -0.15) is 0 Å². The summed E-state index contributed by atoms with van der Waals surface area (Å²) in [5.74, 6) is -1.12. The lowest BCUT2D eigenvalue weighted by Crippen LogP contribution is -2.41. The zero-order chi connectivity index (χ0) is 14.6. The molecule has 0 radical (unpaired) electrons. The molecule has 0 aliphatic rings. The van der Waals surface area contributed by atoms with E-state index in [0.717, 1.165) is 6.42 Å². The van der Waals surface area contributed by atoms with Gasteiger partial charge < -0.3 is 16.2 Å². The van der Waals surface area contributed by atoms with Crippen molar-refractivity contribution in [3.05, 3.63) is 0 Å². The van der Waals surface area contributed by atoms with Gasteiger partial charge in [-0.1, -0.05) is 20.8 Å². The number of rotatable bonds is 6. The Morgan fingerprint density at radius 2 is 1.72 bits per heavy atom. The quantitative estimate of drug-likeness (QED) is 0.671. The molecule has 0 aromatic heterocycles. The molecule has 5 nitrogen and oxygen atoms in total. The van der Waals surface area contributed by atoms with E-state index in [1.807, 2.05) is 0 Å². The summed E-state index contributed by atoms with van der Waals surface area (Å²) in [6, 6.07) is -0.196. The average molecular weight is 258 g/mol. The van der Waals surface area contributed by atoms with Gasteiger partial charge in [0.05, 0.1) is 5.41 Å². The van der Waals surface area contributed by atoms with E-state index in [2.05, 4.69) is 26.1 Å². The molecule has 18 heavy (non-hydrogen) atoms. The van der Waals surface area contributed by atoms with Gasteiger partial charge in [0.1, 0.15) is 0 Å². The SMILES string of the molecule is CC(C)(C)CC(N)CC(=O)NCC(C)(C)C(=O)O. The summed E-state index contributed by atoms with van der Waals surface area (Å²) < 4.78 is 0. The monoisotopic (exact) mass is 258 g/mol. The molecule has 0 aliphatic carbocycles. The third kappa shape index (κ3) is 7.27. The van der Waals surface area contributed by atoms with Gasteiger partial charge in [-0.25, -0.2) is 0 Å². The number of nitrogens with one attached hydrogen (secondary N) is 1. The molecule has 0 aromatic carbocycles. The highest BCUT2D eigenvalue weighted by Gasteiger charge is 2.28. The minimum atomic E-state index is -0.955. The van der Waals surface area contributed by atoms with Crippen molar-refractivity contribution in [2.45, 2.75) is 53.5 Å². The molecule has 0 saturated heterocycles. The normalized spacial score (nSPS) is 14.1. The summed E-state index contributed by atoms with van der Waals surface area (Å²) in [6.45, 7) is 9.47. The van der Waals surface area contributed by atoms with Crippen molar-refractivity contribution < 1.29 is 14.7 Å². The predicted octanol–water partition coefficient (Wildman–Crippen LogP) is 1.37. The molecule has 0 spiro atoms. The van der Waals surface area contributed by atoms with Gasteiger partial charge in [0.15, 0.2) is 0 Å². The highest BCUT2D eigenvalue weighted by atomic mass is 16.4. The molecule has 106 valence electrons. The Morgan fingerprint density at radius 1 is 1.22 bits per heavy atom. The lowest BCUT2D eigenvalue weighted by Gasteiger charge is -2.24. The van der Waals surface area contributed by atoms with Crippen molar-refractivity contribution in [2.75, 3.05) is 6.54 Å². The molecule has 4 N–H and O–H groups in total. The van der Waals surface area contributed by atoms with Crippen LogP contribution in [-0.4, -0.2) is 29.6 Å². The zero-order valence-electron chi connectivity index (χ0n) is 12.0. The number of carboxylic acids is 1. The van der Waals surface area contributed by atoms with Gasteiger partial charge in [-0.05, 0) is 25.7 Å². The first-order valence-electron chi connectivity index (χ1n) is 6.20. The molecule has 0 saturated carbocycles. The van der Waals surface area contributed by atoms with Crippen LogP contribution in [0.3, 0.4) is 0 Å². The van der Waals surface area contributed by atoms with Crippen LogP contribution in [0.1, 0.15) is 47.5 Å². The van der Waals surface area contributed by atoms with Gasteiger partial charge in [0.2, 0.25) is 5.91 Å². The van der Waals surface area contributed by atoms with Crippen LogP contribution in [0.4, 0.5) is 0 Å². The van der Waals surface area contributed by atoms with Crippen LogP contribution in [0, 0.1) is 10.8 Å². The first kappa shape index (κ1) is 16.9. The number of amides is 1. The van der Waals surface area contributed by atoms with Crippen LogP contribution in [0.5, 0.6) is 0 Å². The van der Waals surface area contributed by atoms with Crippen molar-refractivity contribution >= 4 is 11.9 Å². The fourth-order valence-electron chi connectivity index (χ4n) is 1.56. The number of aliphatic carboxylic acids is 1. The Kier molecular flexibility index (Phi) is 5.80. The Bertz CT molecular complexity index is 306. The largest absolute Gasteiger partial charge is 0.481 e. The number of hydrogen-bond acceptors (Lipinski definition) is 3. The first-order valence-corrected chi connectivity index (χ1v) is 6.20. The molecule has 1 atom stereocenters. The van der Waals surface area contributed by atoms with Crippen LogP contribution in [-0.2, 0) is 9.59 Å². The van der Waals surface area contributed by atoms with Gasteiger partial charge >= 0.3 is 5.97 Å². The summed E-state index contributed by atoms with van der Waals surface area (Å²) in [4.78, 5) is 22.5. The summed E-state index contributed by atoms with van der Waals surface area (Å²) >= 11 is 0. The Labute approximate surface area is 109 Å². The highest BCUT2D eigenvalue weighted by molar-refractivity contribution is 5.79. The number of carbonyl (C=O) groups excluding carboxylic acids is 1. The van der Waals surface area contributed by atoms with Gasteiger partial charge in [-0.3, -0.25) is 9.59 Å². The number of carboxylic acid groups (broad SMARTS) is 1. The Balaban J connectivity index is 4.10. The second-order valence-corrected chi connectivity index (χ2v) is 6.69. The number of hydrogen-bond donors (Lipinski definition) is 3. The van der Waals surface area contributed by atoms with Crippen molar-refractivity contribution in [2.24, 2.45) is 16.6 Å². The van der Waals surface area contributed by atoms with E-state index in [1.54, 1.807) is 13.8 Å². The second kappa shape index (κ2) is 6.18. The molecule has 0 aromatic rings. The summed E-state index contributed by atoms with van der Waals surface area (Å²) in [7, 11) is 0. The summed E-state index contributed by atoms with van der Waals surface area (Å²) in [5.41, 5.74) is 5.01. The Hall–Kier alpha value is -1.10. The lowest BCUT2D eigenvalue weighted by molar-refractivity contribution is -0.146. The Morgan fingerprint density at radius 3 is 2.11 bits per heavy atom. The molecule has 5 heteroatoms. The van der Waals surface area contributed by atoms with Crippen molar-refractivity contribution in [1.82, 2.24) is 5.32 Å². The zero-order valence-corrected chi connectivity index (χ0v) is 12.0. The molecule has 1 amide bonds. The molecular formula is C13H26N2O3. The fraction of sp³-hybridized carbons (Fsp3) is 0.846. The predicted molar refractivity (Wildman–Crippen MR) is 71.1 cm³/mol. The maximum atomic E-state index is 11.6. The topological polar surface area (TPSA) is 92.4 Å². The maximum absolute atomic E-state index is 11.6. The molecule has 1 unspecified atom stereocenters. The van der Waals surface area contributed by atoms with E-state index in [9.17, 15) is 9.59 Å². The van der Waals surface area contributed by atoms with Crippen LogP contribution in [0.15, 0.2) is 0 Å². The van der Waals surface area contributed by atoms with Crippen LogP contribution in [0.25, 0.3) is 0 Å². The van der Waals surface area contributed by atoms with E-state index in [-0.39, 0.29) is 30.3 Å². The third-order valence-corrected chi connectivity index (χ3v) is 2.63. The molecule has 0 aliphatic heterocycles. The van der Waals surface area contributed by atoms with Crippen molar-refractivity contribution in [1.29, 1.82) is 0 Å². The first-order chi connectivity index (χ1) is 7.94. The van der Waals surface area contributed by atoms with E-state index >= 15 is 0 Å². The van der Waals surface area contributed by atoms with Crippen molar-refractivity contribution in [3.63, 3.8) is 0 Å². The summed E-state index contributed by atoms with van der Waals surface area (Å²) in [6.07, 6.45) is 0.982. The lowest BCUT2D eigenvalue weighted by atomic mass is 9.87. The van der Waals surface area contributed by atoms with E-state index < -0.39 is 11.4 Å². The van der Waals surface area contributed by atoms with Gasteiger partial charge in [0.25, 0.3) is 0 Å². The smallest absolute Gasteiger partial charge is 0.310 e. The minimum Gasteiger partial charge on any atom is -0.481 e. The van der Waals surface area contributed by atoms with E-state index in [4.69, 9.17) is 10.8 Å².